The number of rotatable bonds is 5. The number of carbonyl (C=O) groups excluding carboxylic acids is 1. The number of benzene rings is 2. The zero-order valence-electron chi connectivity index (χ0n) is 17.0. The highest BCUT2D eigenvalue weighted by Gasteiger charge is 2.32. The monoisotopic (exact) mass is 444 g/mol. The van der Waals surface area contributed by atoms with Crippen LogP contribution in [-0.2, 0) is 24.0 Å². The number of nitrogens with zero attached hydrogens (tertiary/aromatic N) is 3. The Morgan fingerprint density at radius 1 is 1.12 bits per heavy atom. The van der Waals surface area contributed by atoms with Gasteiger partial charge < -0.3 is 10.5 Å². The number of nitrogens with two attached hydrogens (primary N) is 1. The van der Waals surface area contributed by atoms with Crippen molar-refractivity contribution in [2.45, 2.75) is 26.2 Å². The first-order chi connectivity index (χ1) is 15.3. The number of halogens is 3. The molecule has 0 amide bonds. The molecule has 0 aliphatic heterocycles. The maximum atomic E-state index is 13.3. The highest BCUT2D eigenvalue weighted by molar-refractivity contribution is 5.91. The quantitative estimate of drug-likeness (QED) is 0.477. The molecule has 2 N–H and O–H groups in total. The molecule has 10 heteroatoms. The van der Waals surface area contributed by atoms with E-state index in [1.165, 1.54) is 10.5 Å². The van der Waals surface area contributed by atoms with Gasteiger partial charge in [-0.15, -0.1) is 0 Å². The van der Waals surface area contributed by atoms with E-state index in [1.54, 1.807) is 6.92 Å². The van der Waals surface area contributed by atoms with E-state index >= 15 is 0 Å². The average molecular weight is 444 g/mol. The minimum atomic E-state index is -4.60. The van der Waals surface area contributed by atoms with Crippen molar-refractivity contribution >= 4 is 22.6 Å². The average Bonchev–Trinajstić information content (AvgIpc) is 3.14. The Balaban J connectivity index is 2.11. The third-order valence-electron chi connectivity index (χ3n) is 5.11. The van der Waals surface area contributed by atoms with Gasteiger partial charge in [-0.05, 0) is 30.7 Å². The van der Waals surface area contributed by atoms with Crippen LogP contribution >= 0.6 is 0 Å². The van der Waals surface area contributed by atoms with Crippen molar-refractivity contribution in [3.63, 3.8) is 0 Å². The summed E-state index contributed by atoms with van der Waals surface area (Å²) >= 11 is 0. The molecular formula is C22H19F3N4O3. The molecule has 0 radical (unpaired) electrons. The molecule has 0 saturated heterocycles. The third kappa shape index (κ3) is 3.62. The first-order valence-corrected chi connectivity index (χ1v) is 9.82. The fourth-order valence-corrected chi connectivity index (χ4v) is 3.69. The predicted molar refractivity (Wildman–Crippen MR) is 111 cm³/mol. The molecular weight excluding hydrogens is 425 g/mol. The van der Waals surface area contributed by atoms with Crippen LogP contribution in [0.2, 0.25) is 0 Å². The van der Waals surface area contributed by atoms with Gasteiger partial charge in [0.2, 0.25) is 5.65 Å². The minimum Gasteiger partial charge on any atom is -0.461 e. The molecule has 0 bridgehead atoms. The fourth-order valence-electron chi connectivity index (χ4n) is 3.69. The van der Waals surface area contributed by atoms with Crippen LogP contribution in [0.25, 0.3) is 16.7 Å². The smallest absolute Gasteiger partial charge is 0.416 e. The van der Waals surface area contributed by atoms with Crippen LogP contribution in [0.5, 0.6) is 0 Å². The van der Waals surface area contributed by atoms with Crippen LogP contribution in [0.4, 0.5) is 13.2 Å². The van der Waals surface area contributed by atoms with E-state index in [4.69, 9.17) is 10.5 Å². The Bertz CT molecular complexity index is 1370. The normalized spacial score (nSPS) is 11.9. The summed E-state index contributed by atoms with van der Waals surface area (Å²) in [7, 11) is 0. The number of alkyl halides is 3. The van der Waals surface area contributed by atoms with Crippen LogP contribution in [0, 0.1) is 0 Å². The van der Waals surface area contributed by atoms with Crippen LogP contribution in [0.1, 0.15) is 34.2 Å². The highest BCUT2D eigenvalue weighted by atomic mass is 19.4. The standard InChI is InChI=1S/C22H19F3N4O3/c1-2-32-21(31)18-17(10-13-6-4-3-5-7-13)29-15-9-8-14(22(23,24)25)11-16(15)28(12-26)20(30)19(29)27-18/h3-9,11H,2,10,12,26H2,1H3. The lowest BCUT2D eigenvalue weighted by Crippen LogP contribution is -2.27. The number of carbonyl (C=O) groups is 1. The summed E-state index contributed by atoms with van der Waals surface area (Å²) in [6.07, 6.45) is -4.39. The summed E-state index contributed by atoms with van der Waals surface area (Å²) in [5, 5.41) is 0. The molecule has 2 heterocycles. The lowest BCUT2D eigenvalue weighted by atomic mass is 10.1. The van der Waals surface area contributed by atoms with Crippen LogP contribution in [0.15, 0.2) is 53.3 Å². The van der Waals surface area contributed by atoms with Crippen molar-refractivity contribution in [1.82, 2.24) is 14.0 Å². The molecule has 0 saturated carbocycles. The molecule has 0 spiro atoms. The number of ether oxygens (including phenoxy) is 1. The molecule has 32 heavy (non-hydrogen) atoms. The van der Waals surface area contributed by atoms with Crippen molar-refractivity contribution in [3.8, 4) is 0 Å². The second-order valence-corrected chi connectivity index (χ2v) is 7.07. The Kier molecular flexibility index (Phi) is 5.47. The largest absolute Gasteiger partial charge is 0.461 e. The van der Waals surface area contributed by atoms with Gasteiger partial charge in [0.05, 0.1) is 35.6 Å². The van der Waals surface area contributed by atoms with Gasteiger partial charge in [-0.1, -0.05) is 30.3 Å². The highest BCUT2D eigenvalue weighted by Crippen LogP contribution is 2.32. The topological polar surface area (TPSA) is 91.6 Å². The van der Waals surface area contributed by atoms with Crippen molar-refractivity contribution in [2.75, 3.05) is 6.61 Å². The number of hydrogen-bond acceptors (Lipinski definition) is 5. The molecule has 4 aromatic rings. The molecule has 7 nitrogen and oxygen atoms in total. The van der Waals surface area contributed by atoms with Gasteiger partial charge in [0.25, 0.3) is 5.56 Å². The molecule has 0 unspecified atom stereocenters. The van der Waals surface area contributed by atoms with Gasteiger partial charge in [0.1, 0.15) is 0 Å². The van der Waals surface area contributed by atoms with Crippen LogP contribution in [0.3, 0.4) is 0 Å². The van der Waals surface area contributed by atoms with E-state index in [0.717, 1.165) is 22.3 Å². The number of imidazole rings is 1. The molecule has 4 rings (SSSR count). The maximum absolute atomic E-state index is 13.3. The van der Waals surface area contributed by atoms with Crippen molar-refractivity contribution in [2.24, 2.45) is 5.73 Å². The summed E-state index contributed by atoms with van der Waals surface area (Å²) < 4.78 is 47.5. The minimum absolute atomic E-state index is 0.0121. The molecule has 166 valence electrons. The SMILES string of the molecule is CCOC(=O)c1nc2c(=O)n(CN)c3cc(C(F)(F)F)ccc3n2c1Cc1ccccc1. The molecule has 0 aliphatic rings. The summed E-state index contributed by atoms with van der Waals surface area (Å²) in [4.78, 5) is 30.0. The summed E-state index contributed by atoms with van der Waals surface area (Å²) in [6.45, 7) is 1.38. The number of esters is 1. The summed E-state index contributed by atoms with van der Waals surface area (Å²) in [5.74, 6) is -0.721. The van der Waals surface area contributed by atoms with Crippen molar-refractivity contribution in [3.05, 3.63) is 81.4 Å². The van der Waals surface area contributed by atoms with E-state index < -0.39 is 23.3 Å². The molecule has 2 aromatic heterocycles. The van der Waals surface area contributed by atoms with Crippen LogP contribution in [-0.4, -0.2) is 26.5 Å². The predicted octanol–water partition coefficient (Wildman–Crippen LogP) is 3.35. The lowest BCUT2D eigenvalue weighted by molar-refractivity contribution is -0.137. The summed E-state index contributed by atoms with van der Waals surface area (Å²) in [6, 6.07) is 12.2. The maximum Gasteiger partial charge on any atom is 0.416 e. The second kappa shape index (κ2) is 8.12. The Morgan fingerprint density at radius 2 is 1.84 bits per heavy atom. The molecule has 0 aliphatic carbocycles. The summed E-state index contributed by atoms with van der Waals surface area (Å²) in [5.41, 5.74) is 5.32. The lowest BCUT2D eigenvalue weighted by Gasteiger charge is -2.14. The van der Waals surface area contributed by atoms with Gasteiger partial charge in [0, 0.05) is 6.42 Å². The van der Waals surface area contributed by atoms with E-state index in [2.05, 4.69) is 4.98 Å². The van der Waals surface area contributed by atoms with Gasteiger partial charge in [-0.25, -0.2) is 9.78 Å². The number of aromatic nitrogens is 3. The molecule has 0 atom stereocenters. The van der Waals surface area contributed by atoms with Crippen molar-refractivity contribution in [1.29, 1.82) is 0 Å². The zero-order valence-corrected chi connectivity index (χ0v) is 17.0. The van der Waals surface area contributed by atoms with E-state index in [1.807, 2.05) is 30.3 Å². The second-order valence-electron chi connectivity index (χ2n) is 7.07. The zero-order chi connectivity index (χ0) is 23.0. The van der Waals surface area contributed by atoms with Crippen molar-refractivity contribution < 1.29 is 22.7 Å². The number of hydrogen-bond donors (Lipinski definition) is 1. The fraction of sp³-hybridized carbons (Fsp3) is 0.227. The van der Waals surface area contributed by atoms with E-state index in [9.17, 15) is 22.8 Å². The first-order valence-electron chi connectivity index (χ1n) is 9.82. The Hall–Kier alpha value is -3.66. The Labute approximate surface area is 179 Å². The van der Waals surface area contributed by atoms with Gasteiger partial charge in [-0.3, -0.25) is 13.8 Å². The Morgan fingerprint density at radius 3 is 2.47 bits per heavy atom. The van der Waals surface area contributed by atoms with Gasteiger partial charge in [-0.2, -0.15) is 13.2 Å². The molecule has 2 aromatic carbocycles. The van der Waals surface area contributed by atoms with E-state index in [-0.39, 0.29) is 42.1 Å². The van der Waals surface area contributed by atoms with Crippen LogP contribution < -0.4 is 11.3 Å². The number of fused-ring (bicyclic) bond motifs is 3. The molecule has 0 fully saturated rings. The van der Waals surface area contributed by atoms with Gasteiger partial charge in [0.15, 0.2) is 5.69 Å². The third-order valence-corrected chi connectivity index (χ3v) is 5.11. The van der Waals surface area contributed by atoms with Gasteiger partial charge >= 0.3 is 12.1 Å². The van der Waals surface area contributed by atoms with E-state index in [0.29, 0.717) is 5.69 Å². The first kappa shape index (κ1) is 21.6.